The number of rotatable bonds is 8. The monoisotopic (exact) mass is 359 g/mol. The van der Waals surface area contributed by atoms with Crippen LogP contribution in [0.25, 0.3) is 0 Å². The van der Waals surface area contributed by atoms with Crippen molar-refractivity contribution in [2.45, 2.75) is 19.4 Å². The van der Waals surface area contributed by atoms with Crippen LogP contribution in [0, 0.1) is 11.3 Å². The van der Waals surface area contributed by atoms with E-state index in [9.17, 15) is 0 Å². The molecule has 0 fully saturated rings. The Kier molecular flexibility index (Phi) is 6.75. The van der Waals surface area contributed by atoms with Gasteiger partial charge in [0.2, 0.25) is 0 Å². The maximum absolute atomic E-state index is 8.55. The van der Waals surface area contributed by atoms with E-state index in [0.29, 0.717) is 19.6 Å². The lowest BCUT2D eigenvalue weighted by Gasteiger charge is -2.13. The molecule has 0 aromatic heterocycles. The third kappa shape index (κ3) is 5.40. The summed E-state index contributed by atoms with van der Waals surface area (Å²) >= 11 is 3.48. The first-order chi connectivity index (χ1) is 10.8. The van der Waals surface area contributed by atoms with Gasteiger partial charge in [-0.15, -0.1) is 0 Å². The van der Waals surface area contributed by atoms with Gasteiger partial charge in [-0.05, 0) is 36.8 Å². The quantitative estimate of drug-likeness (QED) is 0.546. The highest BCUT2D eigenvalue weighted by Gasteiger charge is 2.05. The maximum Gasteiger partial charge on any atom is 0.123 e. The second kappa shape index (κ2) is 9.08. The minimum Gasteiger partial charge on any atom is -0.493 e. The highest BCUT2D eigenvalue weighted by atomic mass is 79.9. The molecule has 0 amide bonds. The van der Waals surface area contributed by atoms with Gasteiger partial charge in [-0.2, -0.15) is 5.26 Å². The van der Waals surface area contributed by atoms with Crippen molar-refractivity contribution in [3.63, 3.8) is 0 Å². The van der Waals surface area contributed by atoms with Crippen molar-refractivity contribution < 1.29 is 4.74 Å². The molecule has 0 unspecified atom stereocenters. The second-order valence-electron chi connectivity index (χ2n) is 4.71. The van der Waals surface area contributed by atoms with Crippen LogP contribution in [0.5, 0.6) is 5.75 Å². The van der Waals surface area contributed by atoms with Gasteiger partial charge >= 0.3 is 0 Å². The molecule has 2 aromatic rings. The average molecular weight is 360 g/mol. The third-order valence-corrected chi connectivity index (χ3v) is 3.49. The fraction of sp³-hybridized carbons (Fsp3) is 0.235. The topological polar surface area (TPSA) is 57.1 Å². The Morgan fingerprint density at radius 1 is 1.14 bits per heavy atom. The number of para-hydroxylation sites is 1. The van der Waals surface area contributed by atoms with Gasteiger partial charge in [0.05, 0.1) is 12.7 Å². The first-order valence-electron chi connectivity index (χ1n) is 7.11. The molecule has 5 heteroatoms. The van der Waals surface area contributed by atoms with E-state index < -0.39 is 0 Å². The van der Waals surface area contributed by atoms with E-state index in [2.05, 4.69) is 32.9 Å². The Hall–Kier alpha value is -2.03. The van der Waals surface area contributed by atoms with Gasteiger partial charge in [0.25, 0.3) is 0 Å². The van der Waals surface area contributed by atoms with Gasteiger partial charge in [0, 0.05) is 28.7 Å². The van der Waals surface area contributed by atoms with Crippen molar-refractivity contribution in [3.8, 4) is 11.8 Å². The highest BCUT2D eigenvalue weighted by molar-refractivity contribution is 9.10. The number of nitrogens with zero attached hydrogens (tertiary/aromatic N) is 1. The van der Waals surface area contributed by atoms with Gasteiger partial charge in [-0.3, -0.25) is 0 Å². The van der Waals surface area contributed by atoms with E-state index in [-0.39, 0.29) is 0 Å². The number of nitrogens with one attached hydrogen (secondary N) is 2. The van der Waals surface area contributed by atoms with E-state index in [1.54, 1.807) is 0 Å². The summed E-state index contributed by atoms with van der Waals surface area (Å²) < 4.78 is 6.77. The summed E-state index contributed by atoms with van der Waals surface area (Å²) in [5.41, 5.74) is 8.40. The van der Waals surface area contributed by atoms with Gasteiger partial charge in [0.15, 0.2) is 0 Å². The van der Waals surface area contributed by atoms with Crippen molar-refractivity contribution >= 4 is 21.6 Å². The third-order valence-electron chi connectivity index (χ3n) is 3.00. The molecule has 0 aliphatic rings. The fourth-order valence-corrected chi connectivity index (χ4v) is 2.33. The minimum absolute atomic E-state index is 0.514. The van der Waals surface area contributed by atoms with Crippen molar-refractivity contribution in [3.05, 3.63) is 58.6 Å². The zero-order valence-electron chi connectivity index (χ0n) is 12.2. The number of nitriles is 1. The largest absolute Gasteiger partial charge is 0.493 e. The molecule has 0 spiro atoms. The number of halogens is 1. The van der Waals surface area contributed by atoms with Gasteiger partial charge < -0.3 is 10.2 Å². The predicted molar refractivity (Wildman–Crippen MR) is 91.4 cm³/mol. The molecule has 22 heavy (non-hydrogen) atoms. The van der Waals surface area contributed by atoms with Crippen molar-refractivity contribution in [1.29, 1.82) is 5.26 Å². The van der Waals surface area contributed by atoms with Crippen LogP contribution < -0.4 is 15.6 Å². The zero-order chi connectivity index (χ0) is 15.6. The number of anilines is 1. The van der Waals surface area contributed by atoms with Crippen LogP contribution in [0.15, 0.2) is 53.0 Å². The smallest absolute Gasteiger partial charge is 0.123 e. The molecule has 0 aliphatic heterocycles. The number of hydrogen-bond acceptors (Lipinski definition) is 4. The van der Waals surface area contributed by atoms with Crippen LogP contribution in [0.4, 0.5) is 5.69 Å². The van der Waals surface area contributed by atoms with E-state index in [0.717, 1.165) is 27.9 Å². The maximum atomic E-state index is 8.55. The van der Waals surface area contributed by atoms with Crippen molar-refractivity contribution in [2.24, 2.45) is 0 Å². The van der Waals surface area contributed by atoms with Gasteiger partial charge in [0.1, 0.15) is 5.75 Å². The molecular weight excluding hydrogens is 342 g/mol. The Labute approximate surface area is 139 Å². The Balaban J connectivity index is 1.90. The molecule has 0 radical (unpaired) electrons. The van der Waals surface area contributed by atoms with Crippen LogP contribution in [0.3, 0.4) is 0 Å². The summed E-state index contributed by atoms with van der Waals surface area (Å²) in [6.45, 7) is 1.18. The summed E-state index contributed by atoms with van der Waals surface area (Å²) in [6, 6.07) is 18.0. The summed E-state index contributed by atoms with van der Waals surface area (Å²) in [5.74, 6) is 0.837. The number of hydrogen-bond donors (Lipinski definition) is 2. The minimum atomic E-state index is 0.514. The van der Waals surface area contributed by atoms with E-state index in [1.165, 1.54) is 0 Å². The zero-order valence-corrected chi connectivity index (χ0v) is 13.8. The molecule has 0 bridgehead atoms. The first-order valence-corrected chi connectivity index (χ1v) is 7.91. The van der Waals surface area contributed by atoms with Crippen LogP contribution in [0.2, 0.25) is 0 Å². The Bertz CT molecular complexity index is 626. The van der Waals surface area contributed by atoms with Crippen molar-refractivity contribution in [2.75, 3.05) is 12.0 Å². The molecule has 2 N–H and O–H groups in total. The first kappa shape index (κ1) is 16.3. The molecule has 0 saturated carbocycles. The summed E-state index contributed by atoms with van der Waals surface area (Å²) in [5, 5.41) is 8.55. The second-order valence-corrected chi connectivity index (χ2v) is 5.62. The fourth-order valence-electron chi connectivity index (χ4n) is 1.92. The van der Waals surface area contributed by atoms with Crippen LogP contribution in [-0.2, 0) is 6.54 Å². The normalized spacial score (nSPS) is 10.0. The standard InChI is InChI=1S/C17H18BrN3O/c18-15-8-9-17(22-11-5-4-10-19)14(12-15)13-20-21-16-6-2-1-3-7-16/h1-3,6-9,12,20-21H,4-5,11,13H2. The number of hydrazine groups is 1. The lowest BCUT2D eigenvalue weighted by Crippen LogP contribution is -2.21. The molecule has 4 nitrogen and oxygen atoms in total. The van der Waals surface area contributed by atoms with E-state index >= 15 is 0 Å². The molecule has 0 saturated heterocycles. The highest BCUT2D eigenvalue weighted by Crippen LogP contribution is 2.23. The molecule has 0 atom stereocenters. The van der Waals surface area contributed by atoms with Crippen LogP contribution in [-0.4, -0.2) is 6.61 Å². The molecular formula is C17H18BrN3O. The van der Waals surface area contributed by atoms with E-state index in [1.807, 2.05) is 48.5 Å². The van der Waals surface area contributed by atoms with Gasteiger partial charge in [-0.1, -0.05) is 34.1 Å². The number of benzene rings is 2. The lowest BCUT2D eigenvalue weighted by atomic mass is 10.2. The molecule has 2 rings (SSSR count). The summed E-state index contributed by atoms with van der Waals surface area (Å²) in [4.78, 5) is 0. The molecule has 0 aliphatic carbocycles. The average Bonchev–Trinajstić information content (AvgIpc) is 2.54. The molecule has 2 aromatic carbocycles. The number of unbranched alkanes of at least 4 members (excludes halogenated alkanes) is 1. The predicted octanol–water partition coefficient (Wildman–Crippen LogP) is 4.25. The number of ether oxygens (including phenoxy) is 1. The molecule has 0 heterocycles. The Morgan fingerprint density at radius 3 is 2.73 bits per heavy atom. The van der Waals surface area contributed by atoms with Crippen LogP contribution in [0.1, 0.15) is 18.4 Å². The Morgan fingerprint density at radius 2 is 1.95 bits per heavy atom. The molecule has 114 valence electrons. The lowest BCUT2D eigenvalue weighted by molar-refractivity contribution is 0.309. The van der Waals surface area contributed by atoms with E-state index in [4.69, 9.17) is 10.00 Å². The SMILES string of the molecule is N#CCCCOc1ccc(Br)cc1CNNc1ccccc1. The van der Waals surface area contributed by atoms with Crippen molar-refractivity contribution in [1.82, 2.24) is 5.43 Å². The summed E-state index contributed by atoms with van der Waals surface area (Å²) in [7, 11) is 0. The van der Waals surface area contributed by atoms with Gasteiger partial charge in [-0.25, -0.2) is 5.43 Å². The van der Waals surface area contributed by atoms with Crippen LogP contribution >= 0.6 is 15.9 Å². The summed E-state index contributed by atoms with van der Waals surface area (Å²) in [6.07, 6.45) is 1.25.